The molecule has 7 heteroatoms. The number of hydrogen-bond donors (Lipinski definition) is 4. The zero-order chi connectivity index (χ0) is 20.0. The Labute approximate surface area is 162 Å². The third-order valence-corrected chi connectivity index (χ3v) is 4.53. The number of nitrogens with one attached hydrogen (secondary N) is 3. The van der Waals surface area contributed by atoms with Gasteiger partial charge >= 0.3 is 0 Å². The summed E-state index contributed by atoms with van der Waals surface area (Å²) >= 11 is 0. The normalized spacial score (nSPS) is 12.8. The van der Waals surface area contributed by atoms with Crippen molar-refractivity contribution in [1.29, 1.82) is 0 Å². The Hall–Kier alpha value is -3.45. The van der Waals surface area contributed by atoms with Crippen LogP contribution >= 0.6 is 0 Å². The number of aldehydes is 1. The summed E-state index contributed by atoms with van der Waals surface area (Å²) in [6.07, 6.45) is 3.17. The highest BCUT2D eigenvalue weighted by Crippen LogP contribution is 2.22. The van der Waals surface area contributed by atoms with Crippen molar-refractivity contribution in [2.24, 2.45) is 0 Å². The van der Waals surface area contributed by atoms with Gasteiger partial charge in [0.05, 0.1) is 16.7 Å². The minimum Gasteiger partial charge on any atom is -0.383 e. The molecule has 1 atom stereocenters. The molecular weight excluding hydrogens is 356 g/mol. The van der Waals surface area contributed by atoms with E-state index in [1.807, 2.05) is 37.3 Å². The van der Waals surface area contributed by atoms with E-state index < -0.39 is 11.4 Å². The Kier molecular flexibility index (Phi) is 5.86. The van der Waals surface area contributed by atoms with Crippen LogP contribution in [-0.4, -0.2) is 34.5 Å². The number of anilines is 2. The highest BCUT2D eigenvalue weighted by Gasteiger charge is 2.23. The van der Waals surface area contributed by atoms with Gasteiger partial charge < -0.3 is 15.4 Å². The monoisotopic (exact) mass is 378 g/mol. The van der Waals surface area contributed by atoms with Gasteiger partial charge in [-0.15, -0.1) is 0 Å². The fourth-order valence-electron chi connectivity index (χ4n) is 2.95. The molecule has 1 heterocycles. The number of nitrogens with zero attached hydrogens (tertiary/aromatic N) is 1. The number of carbonyl (C=O) groups excluding carboxylic acids is 2. The molecule has 7 nitrogen and oxygen atoms in total. The third kappa shape index (κ3) is 4.44. The van der Waals surface area contributed by atoms with Gasteiger partial charge in [-0.1, -0.05) is 18.2 Å². The summed E-state index contributed by atoms with van der Waals surface area (Å²) in [5, 5.41) is 16.3. The van der Waals surface area contributed by atoms with Crippen LogP contribution < -0.4 is 16.1 Å². The van der Waals surface area contributed by atoms with E-state index in [9.17, 15) is 9.59 Å². The third-order valence-electron chi connectivity index (χ3n) is 4.53. The van der Waals surface area contributed by atoms with Crippen LogP contribution in [0, 0.1) is 0 Å². The molecular formula is C21H22N4O3. The van der Waals surface area contributed by atoms with Crippen molar-refractivity contribution in [2.45, 2.75) is 18.9 Å². The molecule has 3 aromatic rings. The van der Waals surface area contributed by atoms with Crippen LogP contribution in [0.5, 0.6) is 0 Å². The molecule has 1 amide bonds. The molecule has 0 bridgehead atoms. The molecule has 3 rings (SSSR count). The van der Waals surface area contributed by atoms with Crippen LogP contribution in [0.3, 0.4) is 0 Å². The number of carbonyl (C=O) groups is 2. The topological polar surface area (TPSA) is 103 Å². The molecule has 0 saturated heterocycles. The van der Waals surface area contributed by atoms with Crippen LogP contribution in [0.2, 0.25) is 0 Å². The SMILES string of the molecule is CC(C=O)(CCNc1cccc2cccnc12)Nc1ccc(C(=O)NO)cc1. The van der Waals surface area contributed by atoms with Gasteiger partial charge in [0, 0.05) is 29.4 Å². The van der Waals surface area contributed by atoms with E-state index in [1.165, 1.54) is 0 Å². The molecule has 28 heavy (non-hydrogen) atoms. The van der Waals surface area contributed by atoms with Crippen molar-refractivity contribution in [3.8, 4) is 0 Å². The Balaban J connectivity index is 1.64. The minimum absolute atomic E-state index is 0.325. The van der Waals surface area contributed by atoms with E-state index in [1.54, 1.807) is 35.9 Å². The van der Waals surface area contributed by atoms with E-state index in [0.29, 0.717) is 24.2 Å². The van der Waals surface area contributed by atoms with Crippen molar-refractivity contribution >= 4 is 34.5 Å². The lowest BCUT2D eigenvalue weighted by molar-refractivity contribution is -0.111. The fourth-order valence-corrected chi connectivity index (χ4v) is 2.95. The summed E-state index contributed by atoms with van der Waals surface area (Å²) < 4.78 is 0. The van der Waals surface area contributed by atoms with Gasteiger partial charge in [-0.05, 0) is 49.7 Å². The van der Waals surface area contributed by atoms with E-state index in [-0.39, 0.29) is 0 Å². The highest BCUT2D eigenvalue weighted by molar-refractivity contribution is 5.93. The number of aromatic nitrogens is 1. The van der Waals surface area contributed by atoms with Gasteiger partial charge in [0.2, 0.25) is 0 Å². The molecule has 144 valence electrons. The van der Waals surface area contributed by atoms with Crippen LogP contribution in [0.15, 0.2) is 60.8 Å². The first kappa shape index (κ1) is 19.3. The number of rotatable bonds is 8. The Morgan fingerprint density at radius 2 is 1.89 bits per heavy atom. The molecule has 0 aliphatic carbocycles. The van der Waals surface area contributed by atoms with E-state index in [0.717, 1.165) is 22.9 Å². The first-order valence-corrected chi connectivity index (χ1v) is 8.91. The van der Waals surface area contributed by atoms with E-state index in [4.69, 9.17) is 5.21 Å². The van der Waals surface area contributed by atoms with Crippen molar-refractivity contribution in [2.75, 3.05) is 17.2 Å². The Morgan fingerprint density at radius 3 is 2.61 bits per heavy atom. The molecule has 1 aromatic heterocycles. The zero-order valence-corrected chi connectivity index (χ0v) is 15.5. The first-order valence-electron chi connectivity index (χ1n) is 8.91. The highest BCUT2D eigenvalue weighted by atomic mass is 16.5. The molecule has 1 unspecified atom stereocenters. The number of amides is 1. The van der Waals surface area contributed by atoms with Crippen molar-refractivity contribution in [3.05, 3.63) is 66.4 Å². The van der Waals surface area contributed by atoms with Gasteiger partial charge in [-0.3, -0.25) is 15.0 Å². The predicted octanol–water partition coefficient (Wildman–Crippen LogP) is 3.23. The summed E-state index contributed by atoms with van der Waals surface area (Å²) in [4.78, 5) is 27.5. The number of para-hydroxylation sites is 1. The van der Waals surface area contributed by atoms with Crippen molar-refractivity contribution in [1.82, 2.24) is 10.5 Å². The van der Waals surface area contributed by atoms with Gasteiger partial charge in [0.1, 0.15) is 6.29 Å². The quantitative estimate of drug-likeness (QED) is 0.273. The largest absolute Gasteiger partial charge is 0.383 e. The van der Waals surface area contributed by atoms with Crippen molar-refractivity contribution in [3.63, 3.8) is 0 Å². The van der Waals surface area contributed by atoms with Crippen LogP contribution in [-0.2, 0) is 4.79 Å². The second-order valence-electron chi connectivity index (χ2n) is 6.74. The van der Waals surface area contributed by atoms with Crippen LogP contribution in [0.25, 0.3) is 10.9 Å². The molecule has 0 spiro atoms. The molecule has 0 saturated carbocycles. The molecule has 4 N–H and O–H groups in total. The molecule has 0 radical (unpaired) electrons. The predicted molar refractivity (Wildman–Crippen MR) is 109 cm³/mol. The number of hydrogen-bond acceptors (Lipinski definition) is 6. The lowest BCUT2D eigenvalue weighted by Crippen LogP contribution is -2.38. The van der Waals surface area contributed by atoms with E-state index in [2.05, 4.69) is 15.6 Å². The smallest absolute Gasteiger partial charge is 0.274 e. The number of hydroxylamine groups is 1. The second-order valence-corrected chi connectivity index (χ2v) is 6.74. The second kappa shape index (κ2) is 8.49. The Bertz CT molecular complexity index is 970. The number of benzene rings is 2. The summed E-state index contributed by atoms with van der Waals surface area (Å²) in [6.45, 7) is 2.39. The maximum atomic E-state index is 11.7. The number of fused-ring (bicyclic) bond motifs is 1. The fraction of sp³-hybridized carbons (Fsp3) is 0.190. The summed E-state index contributed by atoms with van der Waals surface area (Å²) in [7, 11) is 0. The maximum absolute atomic E-state index is 11.7. The molecule has 2 aromatic carbocycles. The van der Waals surface area contributed by atoms with Crippen LogP contribution in [0.4, 0.5) is 11.4 Å². The van der Waals surface area contributed by atoms with Crippen molar-refractivity contribution < 1.29 is 14.8 Å². The lowest BCUT2D eigenvalue weighted by atomic mass is 9.99. The summed E-state index contributed by atoms with van der Waals surface area (Å²) in [6, 6.07) is 16.4. The first-order chi connectivity index (χ1) is 13.5. The maximum Gasteiger partial charge on any atom is 0.274 e. The summed E-state index contributed by atoms with van der Waals surface area (Å²) in [5.74, 6) is -0.586. The van der Waals surface area contributed by atoms with Gasteiger partial charge in [0.25, 0.3) is 5.91 Å². The average Bonchev–Trinajstić information content (AvgIpc) is 2.74. The van der Waals surface area contributed by atoms with E-state index >= 15 is 0 Å². The average molecular weight is 378 g/mol. The minimum atomic E-state index is -0.786. The van der Waals surface area contributed by atoms with Crippen LogP contribution in [0.1, 0.15) is 23.7 Å². The number of pyridine rings is 1. The van der Waals surface area contributed by atoms with Gasteiger partial charge in [0.15, 0.2) is 0 Å². The molecule has 0 aliphatic heterocycles. The molecule has 0 fully saturated rings. The van der Waals surface area contributed by atoms with Gasteiger partial charge in [-0.25, -0.2) is 5.48 Å². The zero-order valence-electron chi connectivity index (χ0n) is 15.5. The standard InChI is InChI=1S/C21H22N4O3/c1-21(14-26,24-17-9-7-16(8-10-17)20(27)25-28)11-13-22-18-6-2-4-15-5-3-12-23-19(15)18/h2-10,12,14,22,24,28H,11,13H2,1H3,(H,25,27). The Morgan fingerprint density at radius 1 is 1.14 bits per heavy atom. The lowest BCUT2D eigenvalue weighted by Gasteiger charge is -2.26. The van der Waals surface area contributed by atoms with Gasteiger partial charge in [-0.2, -0.15) is 0 Å². The molecule has 0 aliphatic rings. The summed E-state index contributed by atoms with van der Waals surface area (Å²) in [5.41, 5.74) is 3.65.